The molecule has 0 spiro atoms. The van der Waals surface area contributed by atoms with Crippen LogP contribution in [0.15, 0.2) is 41.0 Å². The fraction of sp³-hybridized carbons (Fsp3) is 0.111. The summed E-state index contributed by atoms with van der Waals surface area (Å²) in [6, 6.07) is 1.82. The molecule has 2 rings (SSSR count). The maximum atomic E-state index is 5.42. The summed E-state index contributed by atoms with van der Waals surface area (Å²) in [6.45, 7) is 0.408. The largest absolute Gasteiger partial charge is 0.325 e. The molecule has 0 fully saturated rings. The molecule has 2 N–H and O–H groups in total. The van der Waals surface area contributed by atoms with Gasteiger partial charge in [-0.3, -0.25) is 4.98 Å². The molecule has 6 heteroatoms. The van der Waals surface area contributed by atoms with Gasteiger partial charge in [0.25, 0.3) is 0 Å². The quantitative estimate of drug-likeness (QED) is 0.772. The Bertz CT molecular complexity index is 416. The van der Waals surface area contributed by atoms with Crippen LogP contribution in [0.4, 0.5) is 0 Å². The van der Waals surface area contributed by atoms with Gasteiger partial charge in [-0.15, -0.1) is 0 Å². The molecule has 5 nitrogen and oxygen atoms in total. The van der Waals surface area contributed by atoms with Crippen LogP contribution in [0.1, 0.15) is 5.69 Å². The van der Waals surface area contributed by atoms with Gasteiger partial charge in [-0.2, -0.15) is 0 Å². The molecule has 0 unspecified atom stereocenters. The van der Waals surface area contributed by atoms with Gasteiger partial charge < -0.3 is 5.73 Å². The maximum absolute atomic E-state index is 5.42. The monoisotopic (exact) mass is 219 g/mol. The van der Waals surface area contributed by atoms with Crippen molar-refractivity contribution in [1.82, 2.24) is 19.9 Å². The van der Waals surface area contributed by atoms with Crippen molar-refractivity contribution in [1.29, 1.82) is 0 Å². The Kier molecular flexibility index (Phi) is 3.21. The topological polar surface area (TPSA) is 77.6 Å². The molecule has 0 saturated heterocycles. The highest BCUT2D eigenvalue weighted by Gasteiger charge is 2.00. The summed E-state index contributed by atoms with van der Waals surface area (Å²) in [5.74, 6) is 0. The second-order valence-electron chi connectivity index (χ2n) is 2.70. The SMILES string of the molecule is NCc1cnc(Sc2ccncn2)cn1. The number of aromatic nitrogens is 4. The van der Waals surface area contributed by atoms with Crippen LogP contribution in [0.2, 0.25) is 0 Å². The van der Waals surface area contributed by atoms with Gasteiger partial charge in [-0.05, 0) is 17.8 Å². The summed E-state index contributed by atoms with van der Waals surface area (Å²) >= 11 is 1.44. The van der Waals surface area contributed by atoms with Gasteiger partial charge in [-0.25, -0.2) is 15.0 Å². The van der Waals surface area contributed by atoms with E-state index in [2.05, 4.69) is 19.9 Å². The third kappa shape index (κ3) is 2.71. The average molecular weight is 219 g/mol. The van der Waals surface area contributed by atoms with E-state index in [0.29, 0.717) is 6.54 Å². The van der Waals surface area contributed by atoms with Gasteiger partial charge in [0, 0.05) is 12.7 Å². The highest BCUT2D eigenvalue weighted by molar-refractivity contribution is 7.99. The molecule has 0 aliphatic heterocycles. The van der Waals surface area contributed by atoms with E-state index in [9.17, 15) is 0 Å². The number of nitrogens with zero attached hydrogens (tertiary/aromatic N) is 4. The van der Waals surface area contributed by atoms with E-state index in [-0.39, 0.29) is 0 Å². The Morgan fingerprint density at radius 2 is 2.07 bits per heavy atom. The third-order valence-corrected chi connectivity index (χ3v) is 2.53. The van der Waals surface area contributed by atoms with Crippen LogP contribution in [0, 0.1) is 0 Å². The smallest absolute Gasteiger partial charge is 0.121 e. The summed E-state index contributed by atoms with van der Waals surface area (Å²) in [7, 11) is 0. The van der Waals surface area contributed by atoms with Crippen molar-refractivity contribution >= 4 is 11.8 Å². The zero-order chi connectivity index (χ0) is 10.5. The summed E-state index contributed by atoms with van der Waals surface area (Å²) in [6.07, 6.45) is 6.56. The molecule has 0 atom stereocenters. The van der Waals surface area contributed by atoms with Crippen LogP contribution in [0.3, 0.4) is 0 Å². The zero-order valence-corrected chi connectivity index (χ0v) is 8.68. The molecule has 0 bridgehead atoms. The van der Waals surface area contributed by atoms with E-state index in [4.69, 9.17) is 5.73 Å². The van der Waals surface area contributed by atoms with Gasteiger partial charge >= 0.3 is 0 Å². The molecule has 2 aromatic heterocycles. The predicted molar refractivity (Wildman–Crippen MR) is 56.1 cm³/mol. The predicted octanol–water partition coefficient (Wildman–Crippen LogP) is 0.876. The van der Waals surface area contributed by atoms with E-state index in [0.717, 1.165) is 15.7 Å². The first-order valence-electron chi connectivity index (χ1n) is 4.33. The Morgan fingerprint density at radius 3 is 2.67 bits per heavy atom. The lowest BCUT2D eigenvalue weighted by Crippen LogP contribution is -2.00. The zero-order valence-electron chi connectivity index (χ0n) is 7.87. The fourth-order valence-corrected chi connectivity index (χ4v) is 1.60. The first-order chi connectivity index (χ1) is 7.38. The van der Waals surface area contributed by atoms with E-state index in [1.165, 1.54) is 18.1 Å². The first kappa shape index (κ1) is 10.0. The average Bonchev–Trinajstić information content (AvgIpc) is 2.31. The molecule has 0 aromatic carbocycles. The molecule has 2 heterocycles. The van der Waals surface area contributed by atoms with E-state index >= 15 is 0 Å². The lowest BCUT2D eigenvalue weighted by Gasteiger charge is -1.99. The van der Waals surface area contributed by atoms with Crippen molar-refractivity contribution < 1.29 is 0 Å². The summed E-state index contributed by atoms with van der Waals surface area (Å²) in [5, 5.41) is 1.64. The van der Waals surface area contributed by atoms with E-state index in [1.54, 1.807) is 18.6 Å². The molecule has 0 aliphatic rings. The number of rotatable bonds is 3. The third-order valence-electron chi connectivity index (χ3n) is 1.65. The highest BCUT2D eigenvalue weighted by Crippen LogP contribution is 2.21. The molecule has 0 amide bonds. The normalized spacial score (nSPS) is 10.2. The second kappa shape index (κ2) is 4.81. The number of hydrogen-bond acceptors (Lipinski definition) is 6. The summed E-state index contributed by atoms with van der Waals surface area (Å²) in [5.41, 5.74) is 6.20. The molecule has 76 valence electrons. The van der Waals surface area contributed by atoms with Gasteiger partial charge in [0.1, 0.15) is 16.4 Å². The molecule has 2 aromatic rings. The van der Waals surface area contributed by atoms with Crippen molar-refractivity contribution in [2.24, 2.45) is 5.73 Å². The Morgan fingerprint density at radius 1 is 1.13 bits per heavy atom. The first-order valence-corrected chi connectivity index (χ1v) is 5.15. The number of nitrogens with two attached hydrogens (primary N) is 1. The van der Waals surface area contributed by atoms with E-state index < -0.39 is 0 Å². The van der Waals surface area contributed by atoms with Crippen molar-refractivity contribution in [3.63, 3.8) is 0 Å². The standard InChI is InChI=1S/C9H9N5S/c10-3-7-4-13-9(5-12-7)15-8-1-2-11-6-14-8/h1-2,4-6H,3,10H2. The summed E-state index contributed by atoms with van der Waals surface area (Å²) < 4.78 is 0. The van der Waals surface area contributed by atoms with Crippen molar-refractivity contribution in [2.75, 3.05) is 0 Å². The van der Waals surface area contributed by atoms with Crippen molar-refractivity contribution in [2.45, 2.75) is 16.6 Å². The van der Waals surface area contributed by atoms with Crippen LogP contribution in [-0.4, -0.2) is 19.9 Å². The van der Waals surface area contributed by atoms with Gasteiger partial charge in [0.05, 0.1) is 18.1 Å². The lowest BCUT2D eigenvalue weighted by molar-refractivity contribution is 0.921. The van der Waals surface area contributed by atoms with Crippen LogP contribution in [0.25, 0.3) is 0 Å². The molecular formula is C9H9N5S. The van der Waals surface area contributed by atoms with E-state index in [1.807, 2.05) is 6.07 Å². The Balaban J connectivity index is 2.11. The maximum Gasteiger partial charge on any atom is 0.121 e. The number of hydrogen-bond donors (Lipinski definition) is 1. The minimum atomic E-state index is 0.408. The molecule has 0 radical (unpaired) electrons. The molecule has 0 saturated carbocycles. The van der Waals surface area contributed by atoms with Crippen LogP contribution in [-0.2, 0) is 6.54 Å². The molecular weight excluding hydrogens is 210 g/mol. The fourth-order valence-electron chi connectivity index (χ4n) is 0.947. The minimum absolute atomic E-state index is 0.408. The van der Waals surface area contributed by atoms with Gasteiger partial charge in [0.15, 0.2) is 0 Å². The second-order valence-corrected chi connectivity index (χ2v) is 3.74. The van der Waals surface area contributed by atoms with Crippen molar-refractivity contribution in [3.05, 3.63) is 36.7 Å². The van der Waals surface area contributed by atoms with Crippen LogP contribution in [0.5, 0.6) is 0 Å². The van der Waals surface area contributed by atoms with Crippen molar-refractivity contribution in [3.8, 4) is 0 Å². The Labute approximate surface area is 91.2 Å². The van der Waals surface area contributed by atoms with Gasteiger partial charge in [-0.1, -0.05) is 0 Å². The minimum Gasteiger partial charge on any atom is -0.325 e. The highest BCUT2D eigenvalue weighted by atomic mass is 32.2. The van der Waals surface area contributed by atoms with Crippen LogP contribution >= 0.6 is 11.8 Å². The molecule has 0 aliphatic carbocycles. The molecule has 15 heavy (non-hydrogen) atoms. The lowest BCUT2D eigenvalue weighted by atomic mass is 10.5. The summed E-state index contributed by atoms with van der Waals surface area (Å²) in [4.78, 5) is 16.3. The Hall–Kier alpha value is -1.53. The van der Waals surface area contributed by atoms with Gasteiger partial charge in [0.2, 0.25) is 0 Å². The van der Waals surface area contributed by atoms with Crippen LogP contribution < -0.4 is 5.73 Å².